The molecule has 0 bridgehead atoms. The lowest BCUT2D eigenvalue weighted by Gasteiger charge is -2.26. The summed E-state index contributed by atoms with van der Waals surface area (Å²) in [7, 11) is 0. The van der Waals surface area contributed by atoms with Crippen LogP contribution in [-0.4, -0.2) is 27.9 Å². The van der Waals surface area contributed by atoms with E-state index in [2.05, 4.69) is 60.6 Å². The highest BCUT2D eigenvalue weighted by molar-refractivity contribution is 9.10. The van der Waals surface area contributed by atoms with Gasteiger partial charge in [-0.2, -0.15) is 0 Å². The first-order chi connectivity index (χ1) is 7.15. The maximum atomic E-state index is 4.31. The maximum Gasteiger partial charge on any atom is 0.225 e. The topological polar surface area (TPSA) is 29.0 Å². The molecule has 0 saturated heterocycles. The zero-order valence-electron chi connectivity index (χ0n) is 8.95. The third kappa shape index (κ3) is 4.07. The molecule has 1 heterocycles. The van der Waals surface area contributed by atoms with Crippen LogP contribution in [0.1, 0.15) is 20.3 Å². The van der Waals surface area contributed by atoms with Crippen molar-refractivity contribution in [3.63, 3.8) is 0 Å². The Kier molecular flexibility index (Phi) is 5.53. The lowest BCUT2D eigenvalue weighted by atomic mass is 10.3. The van der Waals surface area contributed by atoms with Crippen LogP contribution >= 0.6 is 31.9 Å². The van der Waals surface area contributed by atoms with Crippen LogP contribution in [0.25, 0.3) is 0 Å². The maximum absolute atomic E-state index is 4.31. The van der Waals surface area contributed by atoms with Crippen LogP contribution in [0, 0.1) is 0 Å². The molecule has 0 saturated carbocycles. The molecule has 0 fully saturated rings. The van der Waals surface area contributed by atoms with Gasteiger partial charge in [0.15, 0.2) is 0 Å². The van der Waals surface area contributed by atoms with E-state index in [0.29, 0.717) is 6.04 Å². The molecule has 0 amide bonds. The number of rotatable bonds is 5. The van der Waals surface area contributed by atoms with E-state index >= 15 is 0 Å². The van der Waals surface area contributed by atoms with Gasteiger partial charge in [-0.15, -0.1) is 0 Å². The quantitative estimate of drug-likeness (QED) is 0.773. The average Bonchev–Trinajstić information content (AvgIpc) is 2.21. The van der Waals surface area contributed by atoms with Crippen molar-refractivity contribution in [1.82, 2.24) is 9.97 Å². The van der Waals surface area contributed by atoms with Gasteiger partial charge in [-0.3, -0.25) is 0 Å². The van der Waals surface area contributed by atoms with Gasteiger partial charge in [-0.1, -0.05) is 15.9 Å². The normalized spacial score (nSPS) is 10.7. The first kappa shape index (κ1) is 12.9. The number of anilines is 1. The lowest BCUT2D eigenvalue weighted by Crippen LogP contribution is -2.33. The van der Waals surface area contributed by atoms with E-state index in [1.807, 2.05) is 0 Å². The van der Waals surface area contributed by atoms with Gasteiger partial charge in [0.25, 0.3) is 0 Å². The summed E-state index contributed by atoms with van der Waals surface area (Å²) in [5.74, 6) is 0.800. The minimum atomic E-state index is 0.422. The number of aromatic nitrogens is 2. The summed E-state index contributed by atoms with van der Waals surface area (Å²) in [6, 6.07) is 0.422. The molecule has 15 heavy (non-hydrogen) atoms. The van der Waals surface area contributed by atoms with Gasteiger partial charge in [0, 0.05) is 30.3 Å². The predicted octanol–water partition coefficient (Wildman–Crippen LogP) is 3.24. The van der Waals surface area contributed by atoms with Gasteiger partial charge < -0.3 is 4.90 Å². The van der Waals surface area contributed by atoms with Crippen molar-refractivity contribution in [1.29, 1.82) is 0 Å². The van der Waals surface area contributed by atoms with Gasteiger partial charge in [-0.05, 0) is 36.2 Å². The second-order valence-electron chi connectivity index (χ2n) is 3.53. The summed E-state index contributed by atoms with van der Waals surface area (Å²) in [6.07, 6.45) is 4.66. The highest BCUT2D eigenvalue weighted by Gasteiger charge is 2.12. The molecule has 1 aromatic heterocycles. The van der Waals surface area contributed by atoms with Gasteiger partial charge in [0.1, 0.15) is 0 Å². The second-order valence-corrected chi connectivity index (χ2v) is 5.24. The molecule has 0 aliphatic rings. The summed E-state index contributed by atoms with van der Waals surface area (Å²) in [5, 5.41) is 1.01. The molecule has 1 aromatic rings. The van der Waals surface area contributed by atoms with E-state index in [0.717, 1.165) is 28.7 Å². The Morgan fingerprint density at radius 3 is 2.40 bits per heavy atom. The minimum absolute atomic E-state index is 0.422. The Balaban J connectivity index is 2.74. The van der Waals surface area contributed by atoms with E-state index < -0.39 is 0 Å². The van der Waals surface area contributed by atoms with Crippen molar-refractivity contribution < 1.29 is 0 Å². The second kappa shape index (κ2) is 6.43. The SMILES string of the molecule is CC(C)N(CCCBr)c1ncc(Br)cn1. The van der Waals surface area contributed by atoms with Crippen LogP contribution in [-0.2, 0) is 0 Å². The first-order valence-corrected chi connectivity index (χ1v) is 6.86. The molecule has 0 aliphatic heterocycles. The molecular formula is C10H15Br2N3. The fraction of sp³-hybridized carbons (Fsp3) is 0.600. The molecule has 0 atom stereocenters. The molecule has 0 spiro atoms. The standard InChI is InChI=1S/C10H15Br2N3/c1-8(2)15(5-3-4-11)10-13-6-9(12)7-14-10/h6-8H,3-5H2,1-2H3. The molecule has 0 unspecified atom stereocenters. The Morgan fingerprint density at radius 2 is 1.93 bits per heavy atom. The van der Waals surface area contributed by atoms with Crippen LogP contribution in [0.4, 0.5) is 5.95 Å². The minimum Gasteiger partial charge on any atom is -0.338 e. The third-order valence-corrected chi connectivity index (χ3v) is 2.99. The zero-order chi connectivity index (χ0) is 11.3. The number of alkyl halides is 1. The van der Waals surface area contributed by atoms with Crippen LogP contribution in [0.5, 0.6) is 0 Å². The van der Waals surface area contributed by atoms with Crippen molar-refractivity contribution in [2.24, 2.45) is 0 Å². The summed E-state index contributed by atoms with van der Waals surface area (Å²) in [6.45, 7) is 5.28. The Bertz CT molecular complexity index is 287. The van der Waals surface area contributed by atoms with Crippen LogP contribution in [0.15, 0.2) is 16.9 Å². The highest BCUT2D eigenvalue weighted by Crippen LogP contribution is 2.14. The molecule has 0 aliphatic carbocycles. The number of hydrogen-bond acceptors (Lipinski definition) is 3. The summed E-state index contributed by atoms with van der Waals surface area (Å²) < 4.78 is 0.912. The van der Waals surface area contributed by atoms with Crippen LogP contribution in [0.2, 0.25) is 0 Å². The van der Waals surface area contributed by atoms with Gasteiger partial charge in [-0.25, -0.2) is 9.97 Å². The monoisotopic (exact) mass is 335 g/mol. The van der Waals surface area contributed by atoms with Crippen molar-refractivity contribution in [3.05, 3.63) is 16.9 Å². The Labute approximate surface area is 108 Å². The molecule has 0 N–H and O–H groups in total. The Morgan fingerprint density at radius 1 is 1.33 bits per heavy atom. The fourth-order valence-electron chi connectivity index (χ4n) is 1.27. The third-order valence-electron chi connectivity index (χ3n) is 2.02. The van der Waals surface area contributed by atoms with Crippen LogP contribution < -0.4 is 4.90 Å². The van der Waals surface area contributed by atoms with E-state index in [9.17, 15) is 0 Å². The van der Waals surface area contributed by atoms with Crippen molar-refractivity contribution in [2.75, 3.05) is 16.8 Å². The number of hydrogen-bond donors (Lipinski definition) is 0. The number of halogens is 2. The average molecular weight is 337 g/mol. The van der Waals surface area contributed by atoms with Crippen molar-refractivity contribution in [3.8, 4) is 0 Å². The van der Waals surface area contributed by atoms with E-state index in [1.54, 1.807) is 12.4 Å². The molecule has 5 heteroatoms. The van der Waals surface area contributed by atoms with Gasteiger partial charge in [0.05, 0.1) is 4.47 Å². The largest absolute Gasteiger partial charge is 0.338 e. The van der Waals surface area contributed by atoms with Crippen molar-refractivity contribution in [2.45, 2.75) is 26.3 Å². The van der Waals surface area contributed by atoms with E-state index in [-0.39, 0.29) is 0 Å². The summed E-state index contributed by atoms with van der Waals surface area (Å²) >= 11 is 6.77. The Hall–Kier alpha value is -0.160. The molecule has 3 nitrogen and oxygen atoms in total. The van der Waals surface area contributed by atoms with Gasteiger partial charge >= 0.3 is 0 Å². The smallest absolute Gasteiger partial charge is 0.225 e. The van der Waals surface area contributed by atoms with Crippen molar-refractivity contribution >= 4 is 37.8 Å². The number of nitrogens with zero attached hydrogens (tertiary/aromatic N) is 3. The molecule has 1 rings (SSSR count). The van der Waals surface area contributed by atoms with Gasteiger partial charge in [0.2, 0.25) is 5.95 Å². The summed E-state index contributed by atoms with van der Waals surface area (Å²) in [5.41, 5.74) is 0. The fourth-order valence-corrected chi connectivity index (χ4v) is 1.73. The molecule has 84 valence electrons. The molecular weight excluding hydrogens is 322 g/mol. The lowest BCUT2D eigenvalue weighted by molar-refractivity contribution is 0.654. The zero-order valence-corrected chi connectivity index (χ0v) is 12.1. The highest BCUT2D eigenvalue weighted by atomic mass is 79.9. The first-order valence-electron chi connectivity index (χ1n) is 4.95. The molecule has 0 radical (unpaired) electrons. The predicted molar refractivity (Wildman–Crippen MR) is 70.6 cm³/mol. The van der Waals surface area contributed by atoms with E-state index in [4.69, 9.17) is 0 Å². The molecule has 0 aromatic carbocycles. The van der Waals surface area contributed by atoms with E-state index in [1.165, 1.54) is 0 Å². The van der Waals surface area contributed by atoms with Crippen LogP contribution in [0.3, 0.4) is 0 Å². The summed E-state index contributed by atoms with van der Waals surface area (Å²) in [4.78, 5) is 10.8.